The summed E-state index contributed by atoms with van der Waals surface area (Å²) in [6.07, 6.45) is 1.15. The van der Waals surface area contributed by atoms with Gasteiger partial charge in [0.2, 0.25) is 0 Å². The lowest BCUT2D eigenvalue weighted by molar-refractivity contribution is 0.112. The molecule has 0 radical (unpaired) electrons. The molecular formula is C12H14N2O2. The van der Waals surface area contributed by atoms with Crippen LogP contribution in [-0.2, 0) is 6.42 Å². The molecule has 1 unspecified atom stereocenters. The van der Waals surface area contributed by atoms with E-state index in [1.807, 2.05) is 6.07 Å². The lowest BCUT2D eigenvalue weighted by atomic mass is 9.95. The number of rotatable bonds is 4. The molecule has 2 N–H and O–H groups in total. The number of methoxy groups -OCH3 is 1. The Bertz CT molecular complexity index is 433. The van der Waals surface area contributed by atoms with Gasteiger partial charge in [-0.25, -0.2) is 0 Å². The van der Waals surface area contributed by atoms with Gasteiger partial charge >= 0.3 is 0 Å². The first-order chi connectivity index (χ1) is 7.52. The molecule has 84 valence electrons. The quantitative estimate of drug-likeness (QED) is 0.772. The van der Waals surface area contributed by atoms with E-state index in [0.717, 1.165) is 11.8 Å². The number of carbonyl (C=O) groups excluding carboxylic acids is 1. The standard InChI is InChI=1S/C12H14N2O2/c1-12(14,8-13)6-9-3-4-10(7-15)11(5-9)16-2/h3-5,7H,6,14H2,1-2H3. The molecule has 1 atom stereocenters. The summed E-state index contributed by atoms with van der Waals surface area (Å²) in [5.41, 5.74) is 6.19. The zero-order valence-corrected chi connectivity index (χ0v) is 9.36. The van der Waals surface area contributed by atoms with Gasteiger partial charge in [-0.1, -0.05) is 6.07 Å². The second-order valence-corrected chi connectivity index (χ2v) is 3.90. The Labute approximate surface area is 94.6 Å². The summed E-state index contributed by atoms with van der Waals surface area (Å²) in [6, 6.07) is 7.19. The summed E-state index contributed by atoms with van der Waals surface area (Å²) in [5.74, 6) is 0.501. The van der Waals surface area contributed by atoms with E-state index < -0.39 is 5.54 Å². The molecule has 4 heteroatoms. The fourth-order valence-corrected chi connectivity index (χ4v) is 1.43. The first-order valence-electron chi connectivity index (χ1n) is 4.84. The van der Waals surface area contributed by atoms with Crippen molar-refractivity contribution in [2.24, 2.45) is 5.73 Å². The van der Waals surface area contributed by atoms with Gasteiger partial charge in [0.1, 0.15) is 11.3 Å². The SMILES string of the molecule is COc1cc(CC(C)(N)C#N)ccc1C=O. The molecule has 1 rings (SSSR count). The molecule has 0 fully saturated rings. The number of hydrogen-bond donors (Lipinski definition) is 1. The van der Waals surface area contributed by atoms with Gasteiger partial charge in [-0.3, -0.25) is 4.79 Å². The number of nitriles is 1. The van der Waals surface area contributed by atoms with Gasteiger partial charge in [0, 0.05) is 6.42 Å². The van der Waals surface area contributed by atoms with Crippen molar-refractivity contribution in [3.63, 3.8) is 0 Å². The molecule has 0 amide bonds. The third kappa shape index (κ3) is 2.81. The zero-order chi connectivity index (χ0) is 12.2. The van der Waals surface area contributed by atoms with Crippen molar-refractivity contribution in [2.75, 3.05) is 7.11 Å². The Hall–Kier alpha value is -1.86. The van der Waals surface area contributed by atoms with Crippen LogP contribution in [0.25, 0.3) is 0 Å². The zero-order valence-electron chi connectivity index (χ0n) is 9.36. The number of nitrogens with two attached hydrogens (primary N) is 1. The van der Waals surface area contributed by atoms with Crippen LogP contribution in [0.15, 0.2) is 18.2 Å². The van der Waals surface area contributed by atoms with Crippen LogP contribution in [0.1, 0.15) is 22.8 Å². The highest BCUT2D eigenvalue weighted by Gasteiger charge is 2.18. The van der Waals surface area contributed by atoms with E-state index in [1.54, 1.807) is 25.1 Å². The number of hydrogen-bond acceptors (Lipinski definition) is 4. The molecule has 0 aliphatic carbocycles. The minimum atomic E-state index is -0.909. The van der Waals surface area contributed by atoms with E-state index in [0.29, 0.717) is 17.7 Å². The third-order valence-corrected chi connectivity index (χ3v) is 2.25. The maximum absolute atomic E-state index is 10.7. The lowest BCUT2D eigenvalue weighted by Crippen LogP contribution is -2.36. The van der Waals surface area contributed by atoms with Crippen molar-refractivity contribution < 1.29 is 9.53 Å². The maximum atomic E-state index is 10.7. The minimum absolute atomic E-state index is 0.416. The highest BCUT2D eigenvalue weighted by molar-refractivity contribution is 5.79. The number of aldehydes is 1. The van der Waals surface area contributed by atoms with Crippen molar-refractivity contribution >= 4 is 6.29 Å². The predicted octanol–water partition coefficient (Wildman–Crippen LogP) is 1.29. The first-order valence-corrected chi connectivity index (χ1v) is 4.84. The van der Waals surface area contributed by atoms with Gasteiger partial charge in [-0.2, -0.15) is 5.26 Å². The number of benzene rings is 1. The monoisotopic (exact) mass is 218 g/mol. The van der Waals surface area contributed by atoms with E-state index in [9.17, 15) is 4.79 Å². The Balaban J connectivity index is 3.01. The molecule has 0 aliphatic rings. The summed E-state index contributed by atoms with van der Waals surface area (Å²) in [6.45, 7) is 1.66. The van der Waals surface area contributed by atoms with Crippen LogP contribution in [0.4, 0.5) is 0 Å². The number of carbonyl (C=O) groups is 1. The van der Waals surface area contributed by atoms with Crippen LogP contribution in [0.5, 0.6) is 5.75 Å². The van der Waals surface area contributed by atoms with Crippen LogP contribution in [0, 0.1) is 11.3 Å². The van der Waals surface area contributed by atoms with Crippen LogP contribution in [0.3, 0.4) is 0 Å². The molecule has 0 aliphatic heterocycles. The number of nitrogens with zero attached hydrogens (tertiary/aromatic N) is 1. The van der Waals surface area contributed by atoms with E-state index in [4.69, 9.17) is 15.7 Å². The summed E-state index contributed by atoms with van der Waals surface area (Å²) in [5, 5.41) is 8.82. The summed E-state index contributed by atoms with van der Waals surface area (Å²) >= 11 is 0. The molecule has 0 saturated carbocycles. The lowest BCUT2D eigenvalue weighted by Gasteiger charge is -2.16. The largest absolute Gasteiger partial charge is 0.496 e. The van der Waals surface area contributed by atoms with Gasteiger partial charge in [0.25, 0.3) is 0 Å². The molecule has 0 spiro atoms. The van der Waals surface area contributed by atoms with Gasteiger partial charge in [0.15, 0.2) is 6.29 Å². The molecule has 0 heterocycles. The van der Waals surface area contributed by atoms with Crippen molar-refractivity contribution in [1.29, 1.82) is 5.26 Å². The Morgan fingerprint density at radius 1 is 1.62 bits per heavy atom. The van der Waals surface area contributed by atoms with Crippen molar-refractivity contribution in [1.82, 2.24) is 0 Å². The van der Waals surface area contributed by atoms with Gasteiger partial charge in [-0.15, -0.1) is 0 Å². The van der Waals surface area contributed by atoms with Crippen LogP contribution < -0.4 is 10.5 Å². The smallest absolute Gasteiger partial charge is 0.153 e. The van der Waals surface area contributed by atoms with E-state index in [2.05, 4.69) is 0 Å². The summed E-state index contributed by atoms with van der Waals surface area (Å²) < 4.78 is 5.07. The van der Waals surface area contributed by atoms with Crippen molar-refractivity contribution in [3.05, 3.63) is 29.3 Å². The fraction of sp³-hybridized carbons (Fsp3) is 0.333. The second-order valence-electron chi connectivity index (χ2n) is 3.90. The molecule has 1 aromatic rings. The van der Waals surface area contributed by atoms with Gasteiger partial charge in [0.05, 0.1) is 18.7 Å². The van der Waals surface area contributed by atoms with E-state index >= 15 is 0 Å². The molecule has 4 nitrogen and oxygen atoms in total. The highest BCUT2D eigenvalue weighted by Crippen LogP contribution is 2.20. The van der Waals surface area contributed by atoms with Crippen LogP contribution in [-0.4, -0.2) is 18.9 Å². The minimum Gasteiger partial charge on any atom is -0.496 e. The Morgan fingerprint density at radius 3 is 2.81 bits per heavy atom. The third-order valence-electron chi connectivity index (χ3n) is 2.25. The van der Waals surface area contributed by atoms with Crippen molar-refractivity contribution in [3.8, 4) is 11.8 Å². The topological polar surface area (TPSA) is 76.1 Å². The highest BCUT2D eigenvalue weighted by atomic mass is 16.5. The average molecular weight is 218 g/mol. The Morgan fingerprint density at radius 2 is 2.31 bits per heavy atom. The fourth-order valence-electron chi connectivity index (χ4n) is 1.43. The molecule has 1 aromatic carbocycles. The number of ether oxygens (including phenoxy) is 1. The van der Waals surface area contributed by atoms with Crippen LogP contribution >= 0.6 is 0 Å². The summed E-state index contributed by atoms with van der Waals surface area (Å²) in [4.78, 5) is 10.7. The predicted molar refractivity (Wildman–Crippen MR) is 60.3 cm³/mol. The molecule has 0 bridgehead atoms. The normalized spacial score (nSPS) is 13.6. The Kier molecular flexibility index (Phi) is 3.64. The van der Waals surface area contributed by atoms with E-state index in [-0.39, 0.29) is 0 Å². The van der Waals surface area contributed by atoms with Crippen molar-refractivity contribution in [2.45, 2.75) is 18.9 Å². The van der Waals surface area contributed by atoms with Crippen LogP contribution in [0.2, 0.25) is 0 Å². The first kappa shape index (κ1) is 12.2. The molecule has 0 aromatic heterocycles. The maximum Gasteiger partial charge on any atom is 0.153 e. The summed E-state index contributed by atoms with van der Waals surface area (Å²) in [7, 11) is 1.50. The molecular weight excluding hydrogens is 204 g/mol. The average Bonchev–Trinajstić information content (AvgIpc) is 2.28. The molecule has 0 saturated heterocycles. The van der Waals surface area contributed by atoms with Gasteiger partial charge in [-0.05, 0) is 24.6 Å². The van der Waals surface area contributed by atoms with E-state index in [1.165, 1.54) is 7.11 Å². The molecule has 16 heavy (non-hydrogen) atoms. The van der Waals surface area contributed by atoms with Gasteiger partial charge < -0.3 is 10.5 Å². The second kappa shape index (κ2) is 4.77.